The first kappa shape index (κ1) is 25.9. The summed E-state index contributed by atoms with van der Waals surface area (Å²) in [7, 11) is -7.76. The van der Waals surface area contributed by atoms with Gasteiger partial charge in [0.2, 0.25) is 0 Å². The number of rotatable bonds is 6. The van der Waals surface area contributed by atoms with E-state index in [1.807, 2.05) is 0 Å². The minimum Gasteiger partial charge on any atom is -0.743 e. The van der Waals surface area contributed by atoms with Crippen molar-refractivity contribution >= 4 is 10.1 Å². The van der Waals surface area contributed by atoms with Crippen LogP contribution in [0.25, 0.3) is 0 Å². The SMILES string of the molecule is CC(F)(F)C(F)(F)C(F)(F)C(F)(F)C(F)(F)C(F)(F)S(=O)(=O)[O-].[Li+]. The molecule has 0 unspecified atom stereocenters. The minimum absolute atomic E-state index is 0. The third-order valence-electron chi connectivity index (χ3n) is 2.41. The molecule has 0 rings (SSSR count). The van der Waals surface area contributed by atoms with Gasteiger partial charge in [0.05, 0.1) is 0 Å². The fraction of sp³-hybridized carbons (Fsp3) is 1.00. The Morgan fingerprint density at radius 1 is 0.625 bits per heavy atom. The van der Waals surface area contributed by atoms with Crippen molar-refractivity contribution in [3.63, 3.8) is 0 Å². The summed E-state index contributed by atoms with van der Waals surface area (Å²) in [6.45, 7) is -1.11. The zero-order valence-electron chi connectivity index (χ0n) is 11.2. The zero-order valence-corrected chi connectivity index (χ0v) is 12.0. The molecule has 0 saturated heterocycles. The fourth-order valence-electron chi connectivity index (χ4n) is 1.01. The predicted octanol–water partition coefficient (Wildman–Crippen LogP) is 0.325. The summed E-state index contributed by atoms with van der Waals surface area (Å²) in [6, 6.07) is 0. The summed E-state index contributed by atoms with van der Waals surface area (Å²) in [6.07, 6.45) is 0. The normalized spacial score (nSPS) is 15.9. The molecule has 0 amide bonds. The van der Waals surface area contributed by atoms with E-state index < -0.39 is 51.9 Å². The monoisotopic (exact) mass is 402 g/mol. The summed E-state index contributed by atoms with van der Waals surface area (Å²) in [5.41, 5.74) is 0. The molecule has 0 spiro atoms. The summed E-state index contributed by atoms with van der Waals surface area (Å²) in [4.78, 5) is 0. The molecular weight excluding hydrogens is 399 g/mol. The quantitative estimate of drug-likeness (QED) is 0.366. The molecule has 0 aromatic rings. The van der Waals surface area contributed by atoms with Gasteiger partial charge in [0.25, 0.3) is 0 Å². The fourth-order valence-corrected chi connectivity index (χ4v) is 1.45. The van der Waals surface area contributed by atoms with Gasteiger partial charge in [-0.25, -0.2) is 8.42 Å². The van der Waals surface area contributed by atoms with Crippen molar-refractivity contribution in [3.05, 3.63) is 0 Å². The Hall–Kier alpha value is -0.333. The molecular formula is C7H3F12LiO3S. The summed E-state index contributed by atoms with van der Waals surface area (Å²) < 4.78 is 181. The van der Waals surface area contributed by atoms with E-state index >= 15 is 0 Å². The van der Waals surface area contributed by atoms with Crippen molar-refractivity contribution in [1.29, 1.82) is 0 Å². The topological polar surface area (TPSA) is 57.2 Å². The first-order valence-electron chi connectivity index (χ1n) is 4.72. The third kappa shape index (κ3) is 3.21. The Kier molecular flexibility index (Phi) is 6.62. The van der Waals surface area contributed by atoms with E-state index in [2.05, 4.69) is 0 Å². The number of halogens is 12. The van der Waals surface area contributed by atoms with E-state index in [0.717, 1.165) is 0 Å². The van der Waals surface area contributed by atoms with Crippen LogP contribution >= 0.6 is 0 Å². The van der Waals surface area contributed by atoms with Gasteiger partial charge in [0.15, 0.2) is 10.1 Å². The minimum atomic E-state index is -8.05. The Morgan fingerprint density at radius 3 is 1.08 bits per heavy atom. The maximum atomic E-state index is 12.8. The Morgan fingerprint density at radius 2 is 0.875 bits per heavy atom. The van der Waals surface area contributed by atoms with Gasteiger partial charge in [-0.05, 0) is 0 Å². The first-order valence-corrected chi connectivity index (χ1v) is 6.13. The molecule has 0 bridgehead atoms. The van der Waals surface area contributed by atoms with Crippen molar-refractivity contribution in [2.24, 2.45) is 0 Å². The van der Waals surface area contributed by atoms with Crippen LogP contribution in [0.3, 0.4) is 0 Å². The second kappa shape index (κ2) is 6.13. The molecule has 0 fully saturated rings. The van der Waals surface area contributed by atoms with Crippen LogP contribution in [0.5, 0.6) is 0 Å². The molecule has 0 aliphatic heterocycles. The molecule has 0 aliphatic rings. The predicted molar refractivity (Wildman–Crippen MR) is 45.1 cm³/mol. The Bertz CT molecular complexity index is 566. The molecule has 3 nitrogen and oxygen atoms in total. The summed E-state index contributed by atoms with van der Waals surface area (Å²) in [5.74, 6) is -37.3. The molecule has 17 heteroatoms. The summed E-state index contributed by atoms with van der Waals surface area (Å²) >= 11 is 0. The van der Waals surface area contributed by atoms with Gasteiger partial charge >= 0.3 is 53.7 Å². The van der Waals surface area contributed by atoms with Crippen molar-refractivity contribution in [1.82, 2.24) is 0 Å². The molecule has 24 heavy (non-hydrogen) atoms. The van der Waals surface area contributed by atoms with E-state index in [-0.39, 0.29) is 18.9 Å². The third-order valence-corrected chi connectivity index (χ3v) is 3.30. The van der Waals surface area contributed by atoms with Crippen LogP contribution in [0.4, 0.5) is 52.7 Å². The van der Waals surface area contributed by atoms with Gasteiger partial charge in [-0.15, -0.1) is 0 Å². The standard InChI is InChI=1S/C7H4F12O3S.Li/c1-2(8,9)3(10,11)4(12,13)5(14,15)6(16,17)7(18,19)23(20,21)22;/h1H3,(H,20,21,22);/q;+1/p-1. The molecule has 0 aliphatic carbocycles. The van der Waals surface area contributed by atoms with Crippen molar-refractivity contribution < 1.29 is 84.5 Å². The van der Waals surface area contributed by atoms with Gasteiger partial charge in [-0.3, -0.25) is 0 Å². The first-order chi connectivity index (χ1) is 9.50. The molecule has 0 aromatic carbocycles. The number of alkyl halides is 12. The van der Waals surface area contributed by atoms with Gasteiger partial charge in [-0.1, -0.05) is 0 Å². The van der Waals surface area contributed by atoms with E-state index in [0.29, 0.717) is 0 Å². The van der Waals surface area contributed by atoms with Gasteiger partial charge in [0, 0.05) is 6.92 Å². The van der Waals surface area contributed by atoms with Gasteiger partial charge in [-0.2, -0.15) is 52.7 Å². The maximum Gasteiger partial charge on any atom is 1.00 e. The molecule has 0 atom stereocenters. The van der Waals surface area contributed by atoms with Crippen LogP contribution in [0, 0.1) is 0 Å². The van der Waals surface area contributed by atoms with Gasteiger partial charge < -0.3 is 4.55 Å². The molecule has 0 radical (unpaired) electrons. The molecule has 0 N–H and O–H groups in total. The molecule has 0 aromatic heterocycles. The number of hydrogen-bond donors (Lipinski definition) is 0. The van der Waals surface area contributed by atoms with Crippen molar-refractivity contribution in [3.8, 4) is 0 Å². The van der Waals surface area contributed by atoms with E-state index in [4.69, 9.17) is 0 Å². The van der Waals surface area contributed by atoms with Crippen molar-refractivity contribution in [2.45, 2.75) is 41.8 Å². The second-order valence-corrected chi connectivity index (χ2v) is 5.58. The van der Waals surface area contributed by atoms with E-state index in [9.17, 15) is 65.7 Å². The van der Waals surface area contributed by atoms with Gasteiger partial charge in [0.1, 0.15) is 0 Å². The van der Waals surface area contributed by atoms with Crippen LogP contribution in [0.2, 0.25) is 0 Å². The van der Waals surface area contributed by atoms with Crippen molar-refractivity contribution in [2.75, 3.05) is 0 Å². The van der Waals surface area contributed by atoms with Crippen LogP contribution in [0.15, 0.2) is 0 Å². The number of hydrogen-bond acceptors (Lipinski definition) is 3. The smallest absolute Gasteiger partial charge is 0.743 e. The summed E-state index contributed by atoms with van der Waals surface area (Å²) in [5, 5.41) is -7.51. The largest absolute Gasteiger partial charge is 1.00 e. The van der Waals surface area contributed by atoms with E-state index in [1.165, 1.54) is 0 Å². The molecule has 0 heterocycles. The van der Waals surface area contributed by atoms with E-state index in [1.54, 1.807) is 0 Å². The Balaban J connectivity index is 0. The average molecular weight is 402 g/mol. The maximum absolute atomic E-state index is 12.8. The van der Waals surface area contributed by atoms with Crippen LogP contribution in [-0.4, -0.2) is 47.8 Å². The zero-order chi connectivity index (χ0) is 19.5. The van der Waals surface area contributed by atoms with Crippen LogP contribution in [0.1, 0.15) is 6.92 Å². The molecule has 0 saturated carbocycles. The second-order valence-electron chi connectivity index (χ2n) is 4.16. The Labute approximate surface area is 137 Å². The van der Waals surface area contributed by atoms with Crippen LogP contribution < -0.4 is 18.9 Å². The molecule has 140 valence electrons. The van der Waals surface area contributed by atoms with Crippen LogP contribution in [-0.2, 0) is 10.1 Å². The average Bonchev–Trinajstić information content (AvgIpc) is 2.24.